The number of carbonyl (C=O) groups is 1. The monoisotopic (exact) mass is 441 g/mol. The van der Waals surface area contributed by atoms with Crippen molar-refractivity contribution in [2.24, 2.45) is 0 Å². The van der Waals surface area contributed by atoms with Crippen LogP contribution in [0.2, 0.25) is 5.02 Å². The number of amides is 1. The maximum Gasteiger partial charge on any atom is 0.387 e. The van der Waals surface area contributed by atoms with Crippen molar-refractivity contribution in [2.75, 3.05) is 20.2 Å². The Hall–Kier alpha value is -2.45. The fourth-order valence-electron chi connectivity index (χ4n) is 2.55. The van der Waals surface area contributed by atoms with Crippen molar-refractivity contribution in [3.05, 3.63) is 53.2 Å². The quantitative estimate of drug-likeness (QED) is 0.568. The van der Waals surface area contributed by atoms with Crippen LogP contribution in [-0.2, 0) is 11.3 Å². The molecule has 1 N–H and O–H groups in total. The second kappa shape index (κ2) is 11.1. The molecule has 0 saturated heterocycles. The molecule has 0 saturated carbocycles. The zero-order valence-corrected chi connectivity index (χ0v) is 18.0. The molecule has 1 aromatic heterocycles. The second-order valence-electron chi connectivity index (χ2n) is 7.12. The van der Waals surface area contributed by atoms with E-state index in [0.29, 0.717) is 24.1 Å². The van der Waals surface area contributed by atoms with Crippen LogP contribution < -0.4 is 14.8 Å². The van der Waals surface area contributed by atoms with E-state index in [0.717, 1.165) is 12.0 Å². The third-order valence-electron chi connectivity index (χ3n) is 4.69. The van der Waals surface area contributed by atoms with E-state index < -0.39 is 12.2 Å². The second-order valence-corrected chi connectivity index (χ2v) is 7.53. The SMILES string of the molecule is CCC(C)(COc1ncccc1Cl)NCC(=O)N(C)Cc1ccc(OC(F)F)cc1. The highest BCUT2D eigenvalue weighted by molar-refractivity contribution is 6.31. The molecule has 0 spiro atoms. The average molecular weight is 442 g/mol. The Bertz CT molecular complexity index is 823. The van der Waals surface area contributed by atoms with Gasteiger partial charge in [-0.15, -0.1) is 0 Å². The number of hydrogen-bond donors (Lipinski definition) is 1. The fraction of sp³-hybridized carbons (Fsp3) is 0.429. The molecule has 1 amide bonds. The highest BCUT2D eigenvalue weighted by Gasteiger charge is 2.25. The number of benzene rings is 1. The summed E-state index contributed by atoms with van der Waals surface area (Å²) >= 11 is 6.06. The smallest absolute Gasteiger partial charge is 0.387 e. The molecular formula is C21H26ClF2N3O3. The normalized spacial score (nSPS) is 13.0. The van der Waals surface area contributed by atoms with Gasteiger partial charge in [-0.25, -0.2) is 4.98 Å². The van der Waals surface area contributed by atoms with E-state index in [-0.39, 0.29) is 18.2 Å². The Morgan fingerprint density at radius 3 is 2.60 bits per heavy atom. The lowest BCUT2D eigenvalue weighted by molar-refractivity contribution is -0.129. The molecule has 0 aliphatic rings. The fourth-order valence-corrected chi connectivity index (χ4v) is 2.72. The molecule has 0 aliphatic heterocycles. The van der Waals surface area contributed by atoms with Crippen LogP contribution in [0.4, 0.5) is 8.78 Å². The van der Waals surface area contributed by atoms with Gasteiger partial charge in [-0.05, 0) is 43.2 Å². The van der Waals surface area contributed by atoms with Crippen LogP contribution in [0.25, 0.3) is 0 Å². The third kappa shape index (κ3) is 7.42. The van der Waals surface area contributed by atoms with E-state index in [4.69, 9.17) is 16.3 Å². The molecule has 6 nitrogen and oxygen atoms in total. The first kappa shape index (κ1) is 23.8. The van der Waals surface area contributed by atoms with Gasteiger partial charge in [0.25, 0.3) is 0 Å². The number of rotatable bonds is 11. The third-order valence-corrected chi connectivity index (χ3v) is 4.98. The van der Waals surface area contributed by atoms with Gasteiger partial charge in [-0.2, -0.15) is 8.78 Å². The van der Waals surface area contributed by atoms with Gasteiger partial charge in [0, 0.05) is 25.3 Å². The average Bonchev–Trinajstić information content (AvgIpc) is 2.72. The first-order valence-corrected chi connectivity index (χ1v) is 9.86. The Kier molecular flexibility index (Phi) is 8.80. The molecule has 164 valence electrons. The number of carbonyl (C=O) groups excluding carboxylic acids is 1. The van der Waals surface area contributed by atoms with E-state index in [1.54, 1.807) is 42.4 Å². The summed E-state index contributed by atoms with van der Waals surface area (Å²) in [5, 5.41) is 3.67. The summed E-state index contributed by atoms with van der Waals surface area (Å²) in [6.07, 6.45) is 2.32. The summed E-state index contributed by atoms with van der Waals surface area (Å²) in [6.45, 7) is 1.84. The molecule has 1 heterocycles. The van der Waals surface area contributed by atoms with Gasteiger partial charge in [0.1, 0.15) is 17.4 Å². The van der Waals surface area contributed by atoms with E-state index >= 15 is 0 Å². The van der Waals surface area contributed by atoms with Gasteiger partial charge in [-0.1, -0.05) is 30.7 Å². The van der Waals surface area contributed by atoms with Crippen molar-refractivity contribution in [3.63, 3.8) is 0 Å². The zero-order chi connectivity index (χ0) is 22.1. The Morgan fingerprint density at radius 1 is 1.30 bits per heavy atom. The van der Waals surface area contributed by atoms with Crippen LogP contribution in [0, 0.1) is 0 Å². The lowest BCUT2D eigenvalue weighted by atomic mass is 10.0. The van der Waals surface area contributed by atoms with Crippen LogP contribution in [0.5, 0.6) is 11.6 Å². The number of alkyl halides is 2. The predicted molar refractivity (Wildman–Crippen MR) is 111 cm³/mol. The standard InChI is InChI=1S/C21H26ClF2N3O3/c1-4-21(2,14-29-19-17(22)6-5-11-25-19)26-12-18(28)27(3)13-15-7-9-16(10-8-15)30-20(23)24/h5-11,20,26H,4,12-14H2,1-3H3. The molecule has 9 heteroatoms. The van der Waals surface area contributed by atoms with Crippen LogP contribution in [0.15, 0.2) is 42.6 Å². The highest BCUT2D eigenvalue weighted by atomic mass is 35.5. The van der Waals surface area contributed by atoms with Gasteiger partial charge in [-0.3, -0.25) is 10.1 Å². The van der Waals surface area contributed by atoms with Crippen molar-refractivity contribution in [3.8, 4) is 11.6 Å². The van der Waals surface area contributed by atoms with Gasteiger partial charge in [0.15, 0.2) is 0 Å². The van der Waals surface area contributed by atoms with Crippen LogP contribution >= 0.6 is 11.6 Å². The maximum atomic E-state index is 12.5. The minimum absolute atomic E-state index is 0.0797. The molecule has 30 heavy (non-hydrogen) atoms. The number of ether oxygens (including phenoxy) is 2. The molecule has 0 aliphatic carbocycles. The largest absolute Gasteiger partial charge is 0.475 e. The summed E-state index contributed by atoms with van der Waals surface area (Å²) in [7, 11) is 1.68. The topological polar surface area (TPSA) is 63.7 Å². The van der Waals surface area contributed by atoms with Crippen molar-refractivity contribution in [2.45, 2.75) is 39.0 Å². The molecule has 0 radical (unpaired) electrons. The van der Waals surface area contributed by atoms with Crippen LogP contribution in [0.3, 0.4) is 0 Å². The zero-order valence-electron chi connectivity index (χ0n) is 17.2. The van der Waals surface area contributed by atoms with Gasteiger partial charge >= 0.3 is 6.61 Å². The minimum Gasteiger partial charge on any atom is -0.475 e. The summed E-state index contributed by atoms with van der Waals surface area (Å²) in [5.41, 5.74) is 0.352. The summed E-state index contributed by atoms with van der Waals surface area (Å²) in [6, 6.07) is 9.62. The lowest BCUT2D eigenvalue weighted by Crippen LogP contribution is -2.50. The Morgan fingerprint density at radius 2 is 2.00 bits per heavy atom. The van der Waals surface area contributed by atoms with E-state index in [9.17, 15) is 13.6 Å². The van der Waals surface area contributed by atoms with Gasteiger partial charge in [0.2, 0.25) is 11.8 Å². The molecular weight excluding hydrogens is 416 g/mol. The molecule has 2 rings (SSSR count). The molecule has 2 aromatic rings. The molecule has 1 atom stereocenters. The predicted octanol–water partition coefficient (Wildman–Crippen LogP) is 4.13. The molecule has 0 bridgehead atoms. The van der Waals surface area contributed by atoms with E-state index in [1.165, 1.54) is 12.1 Å². The van der Waals surface area contributed by atoms with Gasteiger partial charge < -0.3 is 14.4 Å². The van der Waals surface area contributed by atoms with Crippen LogP contribution in [0.1, 0.15) is 25.8 Å². The van der Waals surface area contributed by atoms with E-state index in [2.05, 4.69) is 15.0 Å². The number of nitrogens with one attached hydrogen (secondary N) is 1. The first-order chi connectivity index (χ1) is 14.2. The highest BCUT2D eigenvalue weighted by Crippen LogP contribution is 2.22. The minimum atomic E-state index is -2.86. The number of aromatic nitrogens is 1. The summed E-state index contributed by atoms with van der Waals surface area (Å²) < 4.78 is 34.5. The molecule has 1 unspecified atom stereocenters. The number of hydrogen-bond acceptors (Lipinski definition) is 5. The van der Waals surface area contributed by atoms with E-state index in [1.807, 2.05) is 13.8 Å². The first-order valence-electron chi connectivity index (χ1n) is 9.48. The summed E-state index contributed by atoms with van der Waals surface area (Å²) in [5.74, 6) is 0.318. The number of nitrogens with zero attached hydrogens (tertiary/aromatic N) is 2. The van der Waals surface area contributed by atoms with Crippen molar-refractivity contribution < 1.29 is 23.0 Å². The number of likely N-dealkylation sites (N-methyl/N-ethyl adjacent to an activating group) is 1. The Labute approximate surface area is 180 Å². The Balaban J connectivity index is 1.85. The maximum absolute atomic E-state index is 12.5. The molecule has 1 aromatic carbocycles. The van der Waals surface area contributed by atoms with Crippen molar-refractivity contribution >= 4 is 17.5 Å². The van der Waals surface area contributed by atoms with Gasteiger partial charge in [0.05, 0.1) is 6.54 Å². The lowest BCUT2D eigenvalue weighted by Gasteiger charge is -2.30. The number of pyridine rings is 1. The van der Waals surface area contributed by atoms with Crippen LogP contribution in [-0.4, -0.2) is 48.1 Å². The number of halogens is 3. The molecule has 0 fully saturated rings. The summed E-state index contributed by atoms with van der Waals surface area (Å²) in [4.78, 5) is 18.2. The van der Waals surface area contributed by atoms with Crippen molar-refractivity contribution in [1.29, 1.82) is 0 Å². The van der Waals surface area contributed by atoms with Crippen molar-refractivity contribution in [1.82, 2.24) is 15.2 Å².